The minimum absolute atomic E-state index is 0.0311. The topological polar surface area (TPSA) is 47.4 Å². The Morgan fingerprint density at radius 3 is 2.88 bits per heavy atom. The average molecular weight is 350 g/mol. The third-order valence-corrected chi connectivity index (χ3v) is 4.04. The van der Waals surface area contributed by atoms with Gasteiger partial charge in [0.25, 0.3) is 0 Å². The molecule has 7 heteroatoms. The van der Waals surface area contributed by atoms with Crippen LogP contribution in [0, 0.1) is 12.4 Å². The second kappa shape index (κ2) is 5.96. The van der Waals surface area contributed by atoms with E-state index in [0.29, 0.717) is 28.3 Å². The molecule has 0 aliphatic rings. The van der Waals surface area contributed by atoms with Gasteiger partial charge in [-0.2, -0.15) is 5.10 Å². The van der Waals surface area contributed by atoms with E-state index in [4.69, 9.17) is 18.2 Å². The number of rotatable bonds is 2. The van der Waals surface area contributed by atoms with Crippen molar-refractivity contribution in [2.75, 3.05) is 0 Å². The number of hydrogen-bond donors (Lipinski definition) is 0. The molecule has 0 unspecified atom stereocenters. The van der Waals surface area contributed by atoms with Crippen LogP contribution in [-0.4, -0.2) is 19.6 Å². The molecule has 0 saturated heterocycles. The fraction of sp³-hybridized carbons (Fsp3) is 0. The lowest BCUT2D eigenvalue weighted by Crippen LogP contribution is -1.95. The highest BCUT2D eigenvalue weighted by Crippen LogP contribution is 2.32. The quantitative estimate of drug-likeness (QED) is 0.488. The summed E-state index contributed by atoms with van der Waals surface area (Å²) >= 11 is 5.90. The Morgan fingerprint density at radius 1 is 1.20 bits per heavy atom. The molecule has 0 spiro atoms. The van der Waals surface area contributed by atoms with Crippen LogP contribution in [0.4, 0.5) is 10.1 Å². The van der Waals surface area contributed by atoms with Gasteiger partial charge in [0.15, 0.2) is 5.65 Å². The molecule has 0 fully saturated rings. The molecule has 5 nitrogen and oxygen atoms in total. The molecule has 0 aliphatic carbocycles. The lowest BCUT2D eigenvalue weighted by molar-refractivity contribution is 0.628. The van der Waals surface area contributed by atoms with E-state index in [9.17, 15) is 4.39 Å². The summed E-state index contributed by atoms with van der Waals surface area (Å²) in [6.07, 6.45) is 4.86. The Hall–Kier alpha value is -3.30. The van der Waals surface area contributed by atoms with Gasteiger partial charge in [0.2, 0.25) is 5.69 Å². The highest BCUT2D eigenvalue weighted by atomic mass is 35.5. The first kappa shape index (κ1) is 15.2. The largest absolute Gasteiger partial charge is 0.256 e. The van der Waals surface area contributed by atoms with Gasteiger partial charge in [-0.05, 0) is 36.4 Å². The van der Waals surface area contributed by atoms with Crippen LogP contribution in [0.3, 0.4) is 0 Å². The maximum atomic E-state index is 13.5. The number of pyridine rings is 1. The molecule has 0 radical (unpaired) electrons. The monoisotopic (exact) mass is 349 g/mol. The Kier molecular flexibility index (Phi) is 3.64. The van der Waals surface area contributed by atoms with E-state index in [0.717, 1.165) is 5.56 Å². The third-order valence-electron chi connectivity index (χ3n) is 3.75. The first-order valence-electron chi connectivity index (χ1n) is 7.30. The van der Waals surface area contributed by atoms with Crippen molar-refractivity contribution in [2.45, 2.75) is 0 Å². The van der Waals surface area contributed by atoms with Crippen molar-refractivity contribution in [3.05, 3.63) is 77.2 Å². The van der Waals surface area contributed by atoms with Crippen LogP contribution < -0.4 is 0 Å². The second-order valence-corrected chi connectivity index (χ2v) is 5.66. The summed E-state index contributed by atoms with van der Waals surface area (Å²) in [5.74, 6) is -0.483. The highest BCUT2D eigenvalue weighted by molar-refractivity contribution is 6.31. The summed E-state index contributed by atoms with van der Waals surface area (Å²) < 4.78 is 15.0. The van der Waals surface area contributed by atoms with Gasteiger partial charge in [0.1, 0.15) is 5.82 Å². The van der Waals surface area contributed by atoms with Crippen LogP contribution in [0.1, 0.15) is 0 Å². The van der Waals surface area contributed by atoms with Gasteiger partial charge in [0, 0.05) is 23.5 Å². The second-order valence-electron chi connectivity index (χ2n) is 5.25. The van der Waals surface area contributed by atoms with Crippen LogP contribution in [0.5, 0.6) is 0 Å². The Balaban J connectivity index is 1.92. The Bertz CT molecular complexity index is 1150. The lowest BCUT2D eigenvalue weighted by atomic mass is 10.0. The maximum Gasteiger partial charge on any atom is 0.250 e. The molecule has 3 heterocycles. The van der Waals surface area contributed by atoms with Gasteiger partial charge in [-0.1, -0.05) is 11.6 Å². The predicted octanol–water partition coefficient (Wildman–Crippen LogP) is 4.80. The Labute approximate surface area is 147 Å². The molecule has 0 aliphatic heterocycles. The number of benzene rings is 1. The van der Waals surface area contributed by atoms with Crippen LogP contribution >= 0.6 is 11.6 Å². The standard InChI is InChI=1S/C18H9ClFN5/c1-21-16-10-23-25-8-6-15(24-18(16)25)12-3-2-7-22-17(12)11-4-5-14(20)13(19)9-11/h2-10H. The van der Waals surface area contributed by atoms with Crippen LogP contribution in [0.25, 0.3) is 33.0 Å². The summed E-state index contributed by atoms with van der Waals surface area (Å²) in [6.45, 7) is 7.21. The van der Waals surface area contributed by atoms with Crippen molar-refractivity contribution < 1.29 is 4.39 Å². The van der Waals surface area contributed by atoms with Crippen molar-refractivity contribution in [1.29, 1.82) is 0 Å². The van der Waals surface area contributed by atoms with Gasteiger partial charge in [-0.25, -0.2) is 18.7 Å². The Morgan fingerprint density at radius 2 is 2.08 bits per heavy atom. The molecular weight excluding hydrogens is 341 g/mol. The van der Waals surface area contributed by atoms with E-state index in [1.807, 2.05) is 6.07 Å². The highest BCUT2D eigenvalue weighted by Gasteiger charge is 2.13. The summed E-state index contributed by atoms with van der Waals surface area (Å²) in [7, 11) is 0. The zero-order chi connectivity index (χ0) is 17.4. The van der Waals surface area contributed by atoms with Crippen molar-refractivity contribution >= 4 is 22.9 Å². The number of halogens is 2. The summed E-state index contributed by atoms with van der Waals surface area (Å²) in [5.41, 5.74) is 3.55. The predicted molar refractivity (Wildman–Crippen MR) is 92.9 cm³/mol. The third kappa shape index (κ3) is 2.61. The number of hydrogen-bond acceptors (Lipinski definition) is 3. The summed E-state index contributed by atoms with van der Waals surface area (Å²) in [5, 5.41) is 4.12. The van der Waals surface area contributed by atoms with Crippen LogP contribution in [0.2, 0.25) is 5.02 Å². The van der Waals surface area contributed by atoms with Crippen molar-refractivity contribution in [3.8, 4) is 22.5 Å². The first-order valence-corrected chi connectivity index (χ1v) is 7.68. The normalized spacial score (nSPS) is 10.8. The zero-order valence-electron chi connectivity index (χ0n) is 12.7. The number of aromatic nitrogens is 4. The molecule has 0 amide bonds. The fourth-order valence-electron chi connectivity index (χ4n) is 2.57. The molecule has 25 heavy (non-hydrogen) atoms. The molecule has 4 aromatic rings. The van der Waals surface area contributed by atoms with E-state index >= 15 is 0 Å². The molecule has 3 aromatic heterocycles. The fourth-order valence-corrected chi connectivity index (χ4v) is 2.75. The van der Waals surface area contributed by atoms with Gasteiger partial charge in [-0.15, -0.1) is 0 Å². The molecule has 0 N–H and O–H groups in total. The van der Waals surface area contributed by atoms with E-state index in [1.54, 1.807) is 35.1 Å². The smallest absolute Gasteiger partial charge is 0.250 e. The minimum Gasteiger partial charge on any atom is -0.256 e. The van der Waals surface area contributed by atoms with Crippen LogP contribution in [-0.2, 0) is 0 Å². The lowest BCUT2D eigenvalue weighted by Gasteiger charge is -2.09. The number of fused-ring (bicyclic) bond motifs is 1. The van der Waals surface area contributed by atoms with E-state index < -0.39 is 5.82 Å². The molecule has 0 bridgehead atoms. The van der Waals surface area contributed by atoms with Gasteiger partial charge >= 0.3 is 0 Å². The average Bonchev–Trinajstić information content (AvgIpc) is 3.06. The number of nitrogens with zero attached hydrogens (tertiary/aromatic N) is 5. The molecule has 4 rings (SSSR count). The zero-order valence-corrected chi connectivity index (χ0v) is 13.4. The van der Waals surface area contributed by atoms with E-state index in [1.165, 1.54) is 18.3 Å². The molecule has 0 atom stereocenters. The van der Waals surface area contributed by atoms with E-state index in [2.05, 4.69) is 19.9 Å². The molecule has 120 valence electrons. The van der Waals surface area contributed by atoms with Crippen molar-refractivity contribution in [2.24, 2.45) is 0 Å². The molecular formula is C18H9ClFN5. The van der Waals surface area contributed by atoms with Crippen molar-refractivity contribution in [3.63, 3.8) is 0 Å². The van der Waals surface area contributed by atoms with Crippen molar-refractivity contribution in [1.82, 2.24) is 19.6 Å². The van der Waals surface area contributed by atoms with Gasteiger partial charge in [-0.3, -0.25) is 4.98 Å². The molecule has 1 aromatic carbocycles. The SMILES string of the molecule is [C-]#[N+]c1cnn2ccc(-c3cccnc3-c3ccc(F)c(Cl)c3)nc12. The molecule has 0 saturated carbocycles. The maximum absolute atomic E-state index is 13.5. The van der Waals surface area contributed by atoms with Gasteiger partial charge < -0.3 is 0 Å². The van der Waals surface area contributed by atoms with E-state index in [-0.39, 0.29) is 5.02 Å². The summed E-state index contributed by atoms with van der Waals surface area (Å²) in [4.78, 5) is 12.4. The minimum atomic E-state index is -0.483. The summed E-state index contributed by atoms with van der Waals surface area (Å²) in [6, 6.07) is 9.91. The van der Waals surface area contributed by atoms with Crippen LogP contribution in [0.15, 0.2) is 55.0 Å². The van der Waals surface area contributed by atoms with Gasteiger partial charge in [0.05, 0.1) is 29.2 Å². The first-order chi connectivity index (χ1) is 12.2.